The predicted octanol–water partition coefficient (Wildman–Crippen LogP) is 4.01. The number of anilines is 1. The molecular formula is C22H24F3N5O3S. The standard InChI is InChI=1S/C22H24F3N5O3S/c1-12-13(10-26)3-8-30(12)21(32)33-14-4-6-29(7-5-14)17-9-16(22(23,24)25)19-18(28-17)15(11-34-19)20(31)27-2/h9,11-14H,3-8H2,1-2H3,(H,27,31)/t12-,13-/m0/s1. The highest BCUT2D eigenvalue weighted by Crippen LogP contribution is 2.40. The molecule has 4 heterocycles. The minimum Gasteiger partial charge on any atom is -0.446 e. The Hall–Kier alpha value is -3.07. The lowest BCUT2D eigenvalue weighted by atomic mass is 10.0. The fourth-order valence-corrected chi connectivity index (χ4v) is 5.47. The first kappa shape index (κ1) is 24.1. The van der Waals surface area contributed by atoms with Crippen LogP contribution in [0.5, 0.6) is 0 Å². The molecule has 0 aromatic carbocycles. The second kappa shape index (κ2) is 9.29. The number of fused-ring (bicyclic) bond motifs is 1. The number of piperidine rings is 1. The third-order valence-corrected chi connectivity index (χ3v) is 7.48. The van der Waals surface area contributed by atoms with Gasteiger partial charge in [0.2, 0.25) is 0 Å². The molecule has 12 heteroatoms. The van der Waals surface area contributed by atoms with Gasteiger partial charge in [-0.1, -0.05) is 0 Å². The second-order valence-electron chi connectivity index (χ2n) is 8.46. The molecule has 1 N–H and O–H groups in total. The number of nitrogens with one attached hydrogen (secondary N) is 1. The third-order valence-electron chi connectivity index (χ3n) is 6.48. The van der Waals surface area contributed by atoms with Crippen molar-refractivity contribution in [2.45, 2.75) is 44.5 Å². The highest BCUT2D eigenvalue weighted by atomic mass is 32.1. The summed E-state index contributed by atoms with van der Waals surface area (Å²) in [6, 6.07) is 3.01. The van der Waals surface area contributed by atoms with Crippen molar-refractivity contribution in [2.24, 2.45) is 5.92 Å². The molecule has 182 valence electrons. The summed E-state index contributed by atoms with van der Waals surface area (Å²) in [4.78, 5) is 32.4. The van der Waals surface area contributed by atoms with Crippen LogP contribution in [0.2, 0.25) is 0 Å². The molecule has 4 rings (SSSR count). The summed E-state index contributed by atoms with van der Waals surface area (Å²) in [6.07, 6.45) is -3.95. The Balaban J connectivity index is 1.49. The molecule has 0 saturated carbocycles. The van der Waals surface area contributed by atoms with Crippen molar-refractivity contribution in [1.29, 1.82) is 5.26 Å². The summed E-state index contributed by atoms with van der Waals surface area (Å²) in [7, 11) is 1.41. The number of thiophene rings is 1. The summed E-state index contributed by atoms with van der Waals surface area (Å²) in [6.45, 7) is 2.99. The van der Waals surface area contributed by atoms with Crippen molar-refractivity contribution < 1.29 is 27.5 Å². The zero-order valence-corrected chi connectivity index (χ0v) is 19.5. The predicted molar refractivity (Wildman–Crippen MR) is 120 cm³/mol. The van der Waals surface area contributed by atoms with Crippen LogP contribution in [0.25, 0.3) is 10.2 Å². The van der Waals surface area contributed by atoms with Gasteiger partial charge in [0.25, 0.3) is 5.91 Å². The number of hydrogen-bond donors (Lipinski definition) is 1. The molecule has 2 amide bonds. The maximum absolute atomic E-state index is 13.8. The van der Waals surface area contributed by atoms with E-state index in [0.717, 1.165) is 17.4 Å². The zero-order valence-electron chi connectivity index (χ0n) is 18.7. The number of amides is 2. The van der Waals surface area contributed by atoms with E-state index in [9.17, 15) is 22.8 Å². The van der Waals surface area contributed by atoms with Crippen LogP contribution >= 0.6 is 11.3 Å². The average Bonchev–Trinajstić information content (AvgIpc) is 3.40. The minimum absolute atomic E-state index is 0.0257. The van der Waals surface area contributed by atoms with Crippen molar-refractivity contribution in [3.8, 4) is 6.07 Å². The molecule has 2 aromatic rings. The monoisotopic (exact) mass is 495 g/mol. The maximum atomic E-state index is 13.8. The van der Waals surface area contributed by atoms with Gasteiger partial charge in [0, 0.05) is 50.9 Å². The van der Waals surface area contributed by atoms with Crippen molar-refractivity contribution in [1.82, 2.24) is 15.2 Å². The lowest BCUT2D eigenvalue weighted by Crippen LogP contribution is -2.42. The molecule has 2 fully saturated rings. The van der Waals surface area contributed by atoms with Gasteiger partial charge >= 0.3 is 12.3 Å². The van der Waals surface area contributed by atoms with Gasteiger partial charge in [-0.2, -0.15) is 18.4 Å². The van der Waals surface area contributed by atoms with Gasteiger partial charge in [-0.25, -0.2) is 9.78 Å². The lowest BCUT2D eigenvalue weighted by molar-refractivity contribution is -0.136. The number of aromatic nitrogens is 1. The number of nitrogens with zero attached hydrogens (tertiary/aromatic N) is 4. The third kappa shape index (κ3) is 4.49. The number of carbonyl (C=O) groups is 2. The lowest BCUT2D eigenvalue weighted by Gasteiger charge is -2.34. The highest BCUT2D eigenvalue weighted by molar-refractivity contribution is 7.17. The Bertz CT molecular complexity index is 1140. The minimum atomic E-state index is -4.59. The molecule has 2 atom stereocenters. The van der Waals surface area contributed by atoms with Gasteiger partial charge in [0.1, 0.15) is 11.9 Å². The molecule has 2 aliphatic rings. The number of halogens is 3. The van der Waals surface area contributed by atoms with Crippen LogP contribution in [0, 0.1) is 17.2 Å². The Morgan fingerprint density at radius 3 is 2.56 bits per heavy atom. The van der Waals surface area contributed by atoms with Crippen molar-refractivity contribution in [3.05, 3.63) is 22.6 Å². The number of carbonyl (C=O) groups excluding carboxylic acids is 2. The molecule has 0 radical (unpaired) electrons. The summed E-state index contributed by atoms with van der Waals surface area (Å²) in [5, 5.41) is 13.0. The smallest absolute Gasteiger partial charge is 0.417 e. The van der Waals surface area contributed by atoms with Crippen LogP contribution in [-0.4, -0.2) is 60.7 Å². The normalized spacial score (nSPS) is 21.5. The van der Waals surface area contributed by atoms with E-state index in [1.807, 2.05) is 6.92 Å². The van der Waals surface area contributed by atoms with Crippen molar-refractivity contribution in [2.75, 3.05) is 31.6 Å². The molecule has 2 saturated heterocycles. The Morgan fingerprint density at radius 2 is 1.97 bits per heavy atom. The fraction of sp³-hybridized carbons (Fsp3) is 0.545. The Labute approximate surface area is 198 Å². The topological polar surface area (TPSA) is 98.6 Å². The SMILES string of the molecule is CNC(=O)c1csc2c(C(F)(F)F)cc(N3CCC(OC(=O)N4CC[C@@H](C#N)[C@@H]4C)CC3)nc12. The summed E-state index contributed by atoms with van der Waals surface area (Å²) in [5.74, 6) is -0.572. The van der Waals surface area contributed by atoms with E-state index in [0.29, 0.717) is 38.9 Å². The number of ether oxygens (including phenoxy) is 1. The van der Waals surface area contributed by atoms with E-state index in [1.165, 1.54) is 12.4 Å². The average molecular weight is 496 g/mol. The van der Waals surface area contributed by atoms with E-state index in [2.05, 4.69) is 16.4 Å². The molecule has 0 spiro atoms. The van der Waals surface area contributed by atoms with Gasteiger partial charge in [-0.15, -0.1) is 11.3 Å². The molecular weight excluding hydrogens is 471 g/mol. The van der Waals surface area contributed by atoms with Crippen LogP contribution < -0.4 is 10.2 Å². The first-order chi connectivity index (χ1) is 16.1. The summed E-state index contributed by atoms with van der Waals surface area (Å²) >= 11 is 0.843. The molecule has 0 unspecified atom stereocenters. The van der Waals surface area contributed by atoms with Crippen molar-refractivity contribution in [3.63, 3.8) is 0 Å². The number of hydrogen-bond acceptors (Lipinski definition) is 7. The van der Waals surface area contributed by atoms with E-state index in [1.54, 1.807) is 9.80 Å². The van der Waals surface area contributed by atoms with E-state index in [4.69, 9.17) is 10.00 Å². The number of likely N-dealkylation sites (tertiary alicyclic amines) is 1. The van der Waals surface area contributed by atoms with E-state index in [-0.39, 0.29) is 39.7 Å². The largest absolute Gasteiger partial charge is 0.446 e. The molecule has 2 aromatic heterocycles. The van der Waals surface area contributed by atoms with Gasteiger partial charge in [-0.3, -0.25) is 4.79 Å². The molecule has 0 aliphatic carbocycles. The molecule has 8 nitrogen and oxygen atoms in total. The van der Waals surface area contributed by atoms with Gasteiger partial charge in [0.05, 0.1) is 33.3 Å². The molecule has 0 bridgehead atoms. The van der Waals surface area contributed by atoms with Gasteiger partial charge < -0.3 is 19.9 Å². The number of pyridine rings is 1. The first-order valence-electron chi connectivity index (χ1n) is 11.0. The molecule has 34 heavy (non-hydrogen) atoms. The number of nitriles is 1. The maximum Gasteiger partial charge on any atom is 0.417 e. The van der Waals surface area contributed by atoms with Gasteiger partial charge in [-0.05, 0) is 19.4 Å². The first-order valence-corrected chi connectivity index (χ1v) is 11.8. The number of alkyl halides is 3. The van der Waals surface area contributed by atoms with E-state index >= 15 is 0 Å². The van der Waals surface area contributed by atoms with Crippen molar-refractivity contribution >= 4 is 39.4 Å². The summed E-state index contributed by atoms with van der Waals surface area (Å²) < 4.78 is 46.9. The van der Waals surface area contributed by atoms with Crippen LogP contribution in [-0.2, 0) is 10.9 Å². The Kier molecular flexibility index (Phi) is 6.58. The fourth-order valence-electron chi connectivity index (χ4n) is 4.45. The molecule has 2 aliphatic heterocycles. The van der Waals surface area contributed by atoms with Crippen LogP contribution in [0.3, 0.4) is 0 Å². The van der Waals surface area contributed by atoms with Crippen LogP contribution in [0.1, 0.15) is 42.1 Å². The zero-order chi connectivity index (χ0) is 24.6. The Morgan fingerprint density at radius 1 is 1.26 bits per heavy atom. The highest BCUT2D eigenvalue weighted by Gasteiger charge is 2.38. The van der Waals surface area contributed by atoms with Crippen LogP contribution in [0.15, 0.2) is 11.4 Å². The van der Waals surface area contributed by atoms with Crippen LogP contribution in [0.4, 0.5) is 23.8 Å². The summed E-state index contributed by atoms with van der Waals surface area (Å²) in [5.41, 5.74) is -0.692. The van der Waals surface area contributed by atoms with E-state index < -0.39 is 23.7 Å². The van der Waals surface area contributed by atoms with Gasteiger partial charge in [0.15, 0.2) is 0 Å². The second-order valence-corrected chi connectivity index (χ2v) is 9.34. The number of rotatable bonds is 3. The quantitative estimate of drug-likeness (QED) is 0.691.